The van der Waals surface area contributed by atoms with Crippen molar-refractivity contribution < 1.29 is 18.1 Å². The summed E-state index contributed by atoms with van der Waals surface area (Å²) in [5.41, 5.74) is 2.03. The smallest absolute Gasteiger partial charge is 0.369 e. The molecule has 1 aromatic heterocycles. The van der Waals surface area contributed by atoms with E-state index in [1.807, 2.05) is 33.2 Å². The molecule has 2 N–H and O–H groups in total. The summed E-state index contributed by atoms with van der Waals surface area (Å²) in [5, 5.41) is 3.68. The van der Waals surface area contributed by atoms with Gasteiger partial charge in [0.25, 0.3) is 0 Å². The van der Waals surface area contributed by atoms with E-state index in [0.29, 0.717) is 23.0 Å². The molecule has 1 aromatic carbocycles. The lowest BCUT2D eigenvalue weighted by molar-refractivity contribution is -0.858. The van der Waals surface area contributed by atoms with Crippen LogP contribution in [-0.2, 0) is 6.18 Å². The van der Waals surface area contributed by atoms with Crippen LogP contribution in [0.4, 0.5) is 19.0 Å². The number of rotatable bonds is 5. The molecule has 23 heavy (non-hydrogen) atoms. The minimum Gasteiger partial charge on any atom is -0.369 e. The van der Waals surface area contributed by atoms with Crippen LogP contribution in [0.1, 0.15) is 23.4 Å². The van der Waals surface area contributed by atoms with Crippen LogP contribution < -0.4 is 10.2 Å². The predicted molar refractivity (Wildman–Crippen MR) is 84.8 cm³/mol. The first-order valence-electron chi connectivity index (χ1n) is 7.57. The lowest BCUT2D eigenvalue weighted by Gasteiger charge is -2.14. The number of fused-ring (bicyclic) bond motifs is 1. The molecule has 1 heterocycles. The zero-order chi connectivity index (χ0) is 17.2. The van der Waals surface area contributed by atoms with Crippen LogP contribution in [-0.4, -0.2) is 37.2 Å². The highest BCUT2D eigenvalue weighted by Crippen LogP contribution is 2.31. The SMILES string of the molecule is Cc1cc(C)c2nc(C(F)(F)F)nc(NCCC[NH+](C)C)c2c1. The van der Waals surface area contributed by atoms with E-state index < -0.39 is 12.0 Å². The number of aromatic nitrogens is 2. The minimum atomic E-state index is -4.56. The van der Waals surface area contributed by atoms with E-state index in [-0.39, 0.29) is 5.82 Å². The van der Waals surface area contributed by atoms with E-state index in [4.69, 9.17) is 0 Å². The summed E-state index contributed by atoms with van der Waals surface area (Å²) in [7, 11) is 4.07. The third-order valence-corrected chi connectivity index (χ3v) is 3.53. The van der Waals surface area contributed by atoms with Gasteiger partial charge in [-0.15, -0.1) is 0 Å². The maximum Gasteiger partial charge on any atom is 0.451 e. The van der Waals surface area contributed by atoms with E-state index in [1.165, 1.54) is 4.90 Å². The van der Waals surface area contributed by atoms with Crippen LogP contribution in [0.25, 0.3) is 10.9 Å². The predicted octanol–water partition coefficient (Wildman–Crippen LogP) is 2.21. The number of aryl methyl sites for hydroxylation is 2. The van der Waals surface area contributed by atoms with Crippen molar-refractivity contribution in [1.29, 1.82) is 0 Å². The molecule has 0 unspecified atom stereocenters. The number of nitrogens with one attached hydrogen (secondary N) is 2. The van der Waals surface area contributed by atoms with Crippen LogP contribution in [0.15, 0.2) is 12.1 Å². The average Bonchev–Trinajstić information content (AvgIpc) is 2.42. The van der Waals surface area contributed by atoms with Gasteiger partial charge in [-0.05, 0) is 31.0 Å². The second-order valence-electron chi connectivity index (χ2n) is 6.11. The summed E-state index contributed by atoms with van der Waals surface area (Å²) in [6.07, 6.45) is -3.71. The number of quaternary nitrogens is 1. The quantitative estimate of drug-likeness (QED) is 0.828. The molecule has 0 fully saturated rings. The lowest BCUT2D eigenvalue weighted by Crippen LogP contribution is -3.05. The molecule has 0 aliphatic carbocycles. The average molecular weight is 327 g/mol. The van der Waals surface area contributed by atoms with Crippen molar-refractivity contribution >= 4 is 16.7 Å². The number of halogens is 3. The maximum absolute atomic E-state index is 13.0. The molecule has 2 rings (SSSR count). The van der Waals surface area contributed by atoms with Gasteiger partial charge in [-0.2, -0.15) is 13.2 Å². The van der Waals surface area contributed by atoms with Gasteiger partial charge in [0.05, 0.1) is 26.2 Å². The van der Waals surface area contributed by atoms with Crippen LogP contribution in [0.3, 0.4) is 0 Å². The first-order chi connectivity index (χ1) is 10.7. The van der Waals surface area contributed by atoms with Gasteiger partial charge in [0, 0.05) is 18.4 Å². The summed E-state index contributed by atoms with van der Waals surface area (Å²) in [4.78, 5) is 8.73. The first kappa shape index (κ1) is 17.5. The van der Waals surface area contributed by atoms with Gasteiger partial charge >= 0.3 is 6.18 Å². The van der Waals surface area contributed by atoms with E-state index in [2.05, 4.69) is 15.3 Å². The van der Waals surface area contributed by atoms with Crippen molar-refractivity contribution in [3.05, 3.63) is 29.1 Å². The highest BCUT2D eigenvalue weighted by molar-refractivity contribution is 5.91. The number of hydrogen-bond acceptors (Lipinski definition) is 3. The molecule has 0 spiro atoms. The molecule has 0 amide bonds. The minimum absolute atomic E-state index is 0.253. The Bertz CT molecular complexity index is 696. The fourth-order valence-electron chi connectivity index (χ4n) is 2.50. The molecular formula is C16H22F3N4+. The van der Waals surface area contributed by atoms with Crippen molar-refractivity contribution in [3.8, 4) is 0 Å². The Morgan fingerprint density at radius 2 is 1.83 bits per heavy atom. The molecule has 0 saturated heterocycles. The van der Waals surface area contributed by atoms with Crippen LogP contribution in [0.5, 0.6) is 0 Å². The van der Waals surface area contributed by atoms with E-state index in [1.54, 1.807) is 6.92 Å². The summed E-state index contributed by atoms with van der Waals surface area (Å²) in [6, 6.07) is 3.65. The number of anilines is 1. The van der Waals surface area contributed by atoms with Gasteiger partial charge < -0.3 is 10.2 Å². The van der Waals surface area contributed by atoms with Crippen molar-refractivity contribution in [1.82, 2.24) is 9.97 Å². The number of nitrogens with zero attached hydrogens (tertiary/aromatic N) is 2. The monoisotopic (exact) mass is 327 g/mol. The van der Waals surface area contributed by atoms with E-state index >= 15 is 0 Å². The highest BCUT2D eigenvalue weighted by Gasteiger charge is 2.35. The van der Waals surface area contributed by atoms with Crippen molar-refractivity contribution in [2.24, 2.45) is 0 Å². The molecule has 2 aromatic rings. The van der Waals surface area contributed by atoms with Crippen molar-refractivity contribution in [2.75, 3.05) is 32.5 Å². The molecule has 0 aliphatic heterocycles. The Hall–Kier alpha value is -1.89. The summed E-state index contributed by atoms with van der Waals surface area (Å²) in [6.45, 7) is 5.17. The highest BCUT2D eigenvalue weighted by atomic mass is 19.4. The van der Waals surface area contributed by atoms with Crippen molar-refractivity contribution in [2.45, 2.75) is 26.4 Å². The fraction of sp³-hybridized carbons (Fsp3) is 0.500. The Labute approximate surface area is 133 Å². The third-order valence-electron chi connectivity index (χ3n) is 3.53. The second kappa shape index (κ2) is 6.70. The molecule has 7 heteroatoms. The topological polar surface area (TPSA) is 42.2 Å². The third kappa shape index (κ3) is 4.31. The largest absolute Gasteiger partial charge is 0.451 e. The zero-order valence-corrected chi connectivity index (χ0v) is 13.8. The van der Waals surface area contributed by atoms with E-state index in [9.17, 15) is 13.2 Å². The van der Waals surface area contributed by atoms with Gasteiger partial charge in [-0.1, -0.05) is 6.07 Å². The molecule has 126 valence electrons. The van der Waals surface area contributed by atoms with Crippen LogP contribution >= 0.6 is 0 Å². The zero-order valence-electron chi connectivity index (χ0n) is 13.8. The van der Waals surface area contributed by atoms with Gasteiger partial charge in [-0.3, -0.25) is 0 Å². The number of benzene rings is 1. The standard InChI is InChI=1S/C16H21F3N4/c1-10-8-11(2)13-12(9-10)14(20-6-5-7-23(3)4)22-15(21-13)16(17,18)19/h8-9H,5-7H2,1-4H3,(H,20,21,22)/p+1. The Morgan fingerprint density at radius 3 is 2.43 bits per heavy atom. The molecule has 4 nitrogen and oxygen atoms in total. The van der Waals surface area contributed by atoms with Crippen LogP contribution in [0, 0.1) is 13.8 Å². The molecule has 0 radical (unpaired) electrons. The number of alkyl halides is 3. The molecule has 0 atom stereocenters. The molecule has 0 saturated carbocycles. The van der Waals surface area contributed by atoms with Gasteiger partial charge in [0.1, 0.15) is 5.82 Å². The summed E-state index contributed by atoms with van der Waals surface area (Å²) < 4.78 is 39.1. The molecular weight excluding hydrogens is 305 g/mol. The first-order valence-corrected chi connectivity index (χ1v) is 7.57. The van der Waals surface area contributed by atoms with Gasteiger partial charge in [0.15, 0.2) is 0 Å². The Balaban J connectivity index is 2.43. The second-order valence-corrected chi connectivity index (χ2v) is 6.11. The van der Waals surface area contributed by atoms with Gasteiger partial charge in [0.2, 0.25) is 5.82 Å². The Morgan fingerprint density at radius 1 is 1.13 bits per heavy atom. The van der Waals surface area contributed by atoms with Gasteiger partial charge in [-0.25, -0.2) is 9.97 Å². The Kier molecular flexibility index (Phi) is 5.09. The van der Waals surface area contributed by atoms with Crippen molar-refractivity contribution in [3.63, 3.8) is 0 Å². The summed E-state index contributed by atoms with van der Waals surface area (Å²) >= 11 is 0. The van der Waals surface area contributed by atoms with E-state index in [0.717, 1.165) is 18.5 Å². The normalized spacial score (nSPS) is 12.2. The number of hydrogen-bond donors (Lipinski definition) is 2. The maximum atomic E-state index is 13.0. The molecule has 0 bridgehead atoms. The molecule has 0 aliphatic rings. The fourth-order valence-corrected chi connectivity index (χ4v) is 2.50. The summed E-state index contributed by atoms with van der Waals surface area (Å²) in [5.74, 6) is -0.847. The lowest BCUT2D eigenvalue weighted by atomic mass is 10.1. The van der Waals surface area contributed by atoms with Crippen LogP contribution in [0.2, 0.25) is 0 Å².